The average molecular weight is 274 g/mol. The van der Waals surface area contributed by atoms with Crippen LogP contribution < -0.4 is 5.32 Å². The molecule has 0 saturated heterocycles. The lowest BCUT2D eigenvalue weighted by Gasteiger charge is -2.07. The smallest absolute Gasteiger partial charge is 0.335 e. The molecule has 0 unspecified atom stereocenters. The van der Waals surface area contributed by atoms with Crippen LogP contribution in [0.25, 0.3) is 0 Å². The number of anilines is 1. The molecule has 0 aliphatic heterocycles. The molecular formula is C14H11FN2O3. The topological polar surface area (TPSA) is 79.3 Å². The largest absolute Gasteiger partial charge is 0.478 e. The minimum absolute atomic E-state index is 0.0323. The minimum atomic E-state index is -1.19. The molecule has 5 nitrogen and oxygen atoms in total. The first-order valence-corrected chi connectivity index (χ1v) is 5.78. The zero-order valence-corrected chi connectivity index (χ0v) is 10.3. The molecule has 0 radical (unpaired) electrons. The number of carbonyl (C=O) groups is 2. The maximum atomic E-state index is 13.5. The zero-order valence-electron chi connectivity index (χ0n) is 10.3. The number of carbonyl (C=O) groups excluding carboxylic acids is 1. The second-order valence-electron chi connectivity index (χ2n) is 4.09. The highest BCUT2D eigenvalue weighted by molar-refractivity contribution is 5.94. The van der Waals surface area contributed by atoms with E-state index in [0.717, 1.165) is 18.2 Å². The molecule has 0 saturated carbocycles. The van der Waals surface area contributed by atoms with E-state index in [2.05, 4.69) is 10.3 Å². The highest BCUT2D eigenvalue weighted by Crippen LogP contribution is 2.16. The first-order chi connectivity index (χ1) is 9.56. The van der Waals surface area contributed by atoms with Gasteiger partial charge < -0.3 is 10.4 Å². The van der Waals surface area contributed by atoms with E-state index in [4.69, 9.17) is 5.11 Å². The molecule has 0 spiro atoms. The Morgan fingerprint density at radius 3 is 2.75 bits per heavy atom. The number of aromatic carboxylic acids is 1. The van der Waals surface area contributed by atoms with Crippen LogP contribution in [-0.2, 0) is 11.2 Å². The fourth-order valence-electron chi connectivity index (χ4n) is 1.64. The van der Waals surface area contributed by atoms with Crippen molar-refractivity contribution >= 4 is 17.6 Å². The number of carboxylic acids is 1. The third kappa shape index (κ3) is 3.38. The summed E-state index contributed by atoms with van der Waals surface area (Å²) in [6.45, 7) is 0. The van der Waals surface area contributed by atoms with E-state index in [0.29, 0.717) is 5.56 Å². The van der Waals surface area contributed by atoms with Gasteiger partial charge in [-0.15, -0.1) is 0 Å². The lowest BCUT2D eigenvalue weighted by atomic mass is 10.1. The molecule has 1 amide bonds. The lowest BCUT2D eigenvalue weighted by molar-refractivity contribution is -0.115. The van der Waals surface area contributed by atoms with Crippen molar-refractivity contribution in [2.75, 3.05) is 5.32 Å². The number of rotatable bonds is 4. The summed E-state index contributed by atoms with van der Waals surface area (Å²) in [7, 11) is 0. The summed E-state index contributed by atoms with van der Waals surface area (Å²) in [6, 6.07) is 6.63. The van der Waals surface area contributed by atoms with Gasteiger partial charge >= 0.3 is 5.97 Å². The summed E-state index contributed by atoms with van der Waals surface area (Å²) in [4.78, 5) is 26.4. The van der Waals surface area contributed by atoms with E-state index in [1.807, 2.05) is 0 Å². The summed E-state index contributed by atoms with van der Waals surface area (Å²) >= 11 is 0. The Kier molecular flexibility index (Phi) is 4.05. The van der Waals surface area contributed by atoms with Gasteiger partial charge in [0.1, 0.15) is 5.82 Å². The molecule has 1 aromatic carbocycles. The van der Waals surface area contributed by atoms with Gasteiger partial charge in [-0.1, -0.05) is 6.07 Å². The van der Waals surface area contributed by atoms with Gasteiger partial charge in [0.15, 0.2) is 0 Å². The van der Waals surface area contributed by atoms with E-state index in [1.165, 1.54) is 6.20 Å². The van der Waals surface area contributed by atoms with E-state index in [1.54, 1.807) is 18.3 Å². The lowest BCUT2D eigenvalue weighted by Crippen LogP contribution is -2.16. The molecule has 0 aliphatic rings. The van der Waals surface area contributed by atoms with Gasteiger partial charge in [0, 0.05) is 12.4 Å². The van der Waals surface area contributed by atoms with Gasteiger partial charge in [-0.2, -0.15) is 0 Å². The molecule has 0 fully saturated rings. The Morgan fingerprint density at radius 1 is 1.30 bits per heavy atom. The van der Waals surface area contributed by atoms with E-state index in [9.17, 15) is 14.0 Å². The van der Waals surface area contributed by atoms with Crippen LogP contribution in [0, 0.1) is 5.82 Å². The molecule has 1 heterocycles. The van der Waals surface area contributed by atoms with Crippen molar-refractivity contribution in [2.45, 2.75) is 6.42 Å². The predicted octanol–water partition coefficient (Wildman–Crippen LogP) is 2.10. The van der Waals surface area contributed by atoms with Crippen LogP contribution in [0.3, 0.4) is 0 Å². The minimum Gasteiger partial charge on any atom is -0.478 e. The van der Waals surface area contributed by atoms with Gasteiger partial charge in [0.2, 0.25) is 5.91 Å². The number of hydrogen-bond donors (Lipinski definition) is 2. The van der Waals surface area contributed by atoms with E-state index in [-0.39, 0.29) is 17.7 Å². The first kappa shape index (κ1) is 13.7. The van der Waals surface area contributed by atoms with Crippen LogP contribution >= 0.6 is 0 Å². The number of carboxylic acid groups (broad SMARTS) is 1. The summed E-state index contributed by atoms with van der Waals surface area (Å²) in [5.74, 6) is -2.32. The SMILES string of the molecule is O=C(Cc1cccnc1)Nc1cc(C(=O)O)ccc1F. The van der Waals surface area contributed by atoms with Crippen molar-refractivity contribution in [3.8, 4) is 0 Å². The number of amides is 1. The highest BCUT2D eigenvalue weighted by atomic mass is 19.1. The Balaban J connectivity index is 2.11. The van der Waals surface area contributed by atoms with E-state index >= 15 is 0 Å². The molecule has 2 rings (SSSR count). The Hall–Kier alpha value is -2.76. The van der Waals surface area contributed by atoms with Crippen molar-refractivity contribution < 1.29 is 19.1 Å². The number of benzene rings is 1. The quantitative estimate of drug-likeness (QED) is 0.894. The van der Waals surface area contributed by atoms with Crippen molar-refractivity contribution in [1.29, 1.82) is 0 Å². The zero-order chi connectivity index (χ0) is 14.5. The van der Waals surface area contributed by atoms with Gasteiger partial charge in [0.05, 0.1) is 17.7 Å². The molecule has 0 aliphatic carbocycles. The molecule has 2 aromatic rings. The predicted molar refractivity (Wildman–Crippen MR) is 69.9 cm³/mol. The standard InChI is InChI=1S/C14H11FN2O3/c15-11-4-3-10(14(19)20)7-12(11)17-13(18)6-9-2-1-5-16-8-9/h1-5,7-8H,6H2,(H,17,18)(H,19,20). The van der Waals surface area contributed by atoms with Crippen molar-refractivity contribution in [3.05, 3.63) is 59.7 Å². The Bertz CT molecular complexity index is 644. The summed E-state index contributed by atoms with van der Waals surface area (Å²) < 4.78 is 13.5. The third-order valence-electron chi connectivity index (χ3n) is 2.57. The van der Waals surface area contributed by atoms with Crippen LogP contribution in [0.4, 0.5) is 10.1 Å². The van der Waals surface area contributed by atoms with Gasteiger partial charge in [0.25, 0.3) is 0 Å². The average Bonchev–Trinajstić information content (AvgIpc) is 2.42. The molecule has 0 atom stereocenters. The third-order valence-corrected chi connectivity index (χ3v) is 2.57. The fourth-order valence-corrected chi connectivity index (χ4v) is 1.64. The molecule has 1 aromatic heterocycles. The summed E-state index contributed by atoms with van der Waals surface area (Å²) in [5.41, 5.74) is 0.432. The molecule has 0 bridgehead atoms. The number of nitrogens with one attached hydrogen (secondary N) is 1. The van der Waals surface area contributed by atoms with Crippen molar-refractivity contribution in [3.63, 3.8) is 0 Å². The normalized spacial score (nSPS) is 10.1. The van der Waals surface area contributed by atoms with Gasteiger partial charge in [-0.05, 0) is 29.8 Å². The number of halogens is 1. The summed E-state index contributed by atoms with van der Waals surface area (Å²) in [5, 5.41) is 11.2. The number of aromatic nitrogens is 1. The molecule has 6 heteroatoms. The second kappa shape index (κ2) is 5.92. The van der Waals surface area contributed by atoms with Crippen LogP contribution in [0.2, 0.25) is 0 Å². The highest BCUT2D eigenvalue weighted by Gasteiger charge is 2.11. The van der Waals surface area contributed by atoms with Crippen LogP contribution in [-0.4, -0.2) is 22.0 Å². The molecule has 2 N–H and O–H groups in total. The van der Waals surface area contributed by atoms with Crippen LogP contribution in [0.5, 0.6) is 0 Å². The van der Waals surface area contributed by atoms with E-state index < -0.39 is 17.7 Å². The number of hydrogen-bond acceptors (Lipinski definition) is 3. The first-order valence-electron chi connectivity index (χ1n) is 5.78. The second-order valence-corrected chi connectivity index (χ2v) is 4.09. The maximum absolute atomic E-state index is 13.5. The van der Waals surface area contributed by atoms with Crippen molar-refractivity contribution in [1.82, 2.24) is 4.98 Å². The maximum Gasteiger partial charge on any atom is 0.335 e. The molecular weight excluding hydrogens is 263 g/mol. The fraction of sp³-hybridized carbons (Fsp3) is 0.0714. The van der Waals surface area contributed by atoms with Crippen molar-refractivity contribution in [2.24, 2.45) is 0 Å². The van der Waals surface area contributed by atoms with Gasteiger partial charge in [-0.25, -0.2) is 9.18 Å². The van der Waals surface area contributed by atoms with Crippen LogP contribution in [0.15, 0.2) is 42.7 Å². The molecule has 102 valence electrons. The van der Waals surface area contributed by atoms with Gasteiger partial charge in [-0.3, -0.25) is 9.78 Å². The monoisotopic (exact) mass is 274 g/mol. The Labute approximate surface area is 114 Å². The number of pyridine rings is 1. The molecule has 20 heavy (non-hydrogen) atoms. The number of nitrogens with zero attached hydrogens (tertiary/aromatic N) is 1. The Morgan fingerprint density at radius 2 is 2.10 bits per heavy atom. The van der Waals surface area contributed by atoms with Crippen LogP contribution in [0.1, 0.15) is 15.9 Å². The summed E-state index contributed by atoms with van der Waals surface area (Å²) in [6.07, 6.45) is 3.14.